The van der Waals surface area contributed by atoms with Gasteiger partial charge in [-0.15, -0.1) is 0 Å². The van der Waals surface area contributed by atoms with Crippen LogP contribution in [0.5, 0.6) is 11.5 Å². The summed E-state index contributed by atoms with van der Waals surface area (Å²) in [4.78, 5) is 28.6. The van der Waals surface area contributed by atoms with E-state index in [4.69, 9.17) is 9.47 Å². The molecule has 0 amide bonds. The Kier molecular flexibility index (Phi) is 6.49. The first-order valence-corrected chi connectivity index (χ1v) is 10.3. The van der Waals surface area contributed by atoms with E-state index in [0.717, 1.165) is 4.47 Å². The molecule has 0 aliphatic carbocycles. The van der Waals surface area contributed by atoms with Gasteiger partial charge in [0.05, 0.1) is 28.2 Å². The van der Waals surface area contributed by atoms with Crippen molar-refractivity contribution in [2.45, 2.75) is 20.8 Å². The van der Waals surface area contributed by atoms with Crippen molar-refractivity contribution in [2.24, 2.45) is 5.10 Å². The van der Waals surface area contributed by atoms with E-state index in [1.54, 1.807) is 31.2 Å². The fraction of sp³-hybridized carbons (Fsp3) is 0.200. The number of rotatable bonds is 5. The van der Waals surface area contributed by atoms with E-state index in [-0.39, 0.29) is 5.56 Å². The fourth-order valence-corrected chi connectivity index (χ4v) is 3.59. The van der Waals surface area contributed by atoms with Crippen LogP contribution in [0.15, 0.2) is 49.2 Å². The first kappa shape index (κ1) is 21.2. The SMILES string of the molecule is CCOc1cc(C=Nn2c(C)nc3ccc(Br)cc3c2=O)cc(Br)c1OC(C)=O. The Hall–Kier alpha value is -2.52. The number of benzene rings is 2. The van der Waals surface area contributed by atoms with Crippen LogP contribution in [0.2, 0.25) is 0 Å². The van der Waals surface area contributed by atoms with E-state index in [9.17, 15) is 9.59 Å². The first-order valence-electron chi connectivity index (χ1n) is 8.68. The third-order valence-electron chi connectivity index (χ3n) is 3.87. The van der Waals surface area contributed by atoms with Gasteiger partial charge in [0.2, 0.25) is 0 Å². The molecule has 1 heterocycles. The highest BCUT2D eigenvalue weighted by Gasteiger charge is 2.14. The molecule has 0 spiro atoms. The summed E-state index contributed by atoms with van der Waals surface area (Å²) >= 11 is 6.76. The van der Waals surface area contributed by atoms with Crippen molar-refractivity contribution in [3.8, 4) is 11.5 Å². The second-order valence-corrected chi connectivity index (χ2v) is 7.81. The minimum atomic E-state index is -0.455. The number of nitrogens with zero attached hydrogens (tertiary/aromatic N) is 3. The number of ether oxygens (including phenoxy) is 2. The lowest BCUT2D eigenvalue weighted by atomic mass is 10.2. The number of aromatic nitrogens is 2. The molecule has 3 aromatic rings. The van der Waals surface area contributed by atoms with Crippen molar-refractivity contribution in [3.05, 3.63) is 61.0 Å². The summed E-state index contributed by atoms with van der Waals surface area (Å²) in [6.45, 7) is 5.25. The molecule has 0 aliphatic heterocycles. The molecule has 29 heavy (non-hydrogen) atoms. The second-order valence-electron chi connectivity index (χ2n) is 6.04. The monoisotopic (exact) mass is 521 g/mol. The van der Waals surface area contributed by atoms with Crippen LogP contribution >= 0.6 is 31.9 Å². The number of halogens is 2. The van der Waals surface area contributed by atoms with Crippen LogP contribution in [0.4, 0.5) is 0 Å². The van der Waals surface area contributed by atoms with Crippen LogP contribution in [0.25, 0.3) is 10.9 Å². The highest BCUT2D eigenvalue weighted by molar-refractivity contribution is 9.10. The number of esters is 1. The van der Waals surface area contributed by atoms with E-state index in [1.807, 2.05) is 13.0 Å². The molecule has 0 bridgehead atoms. The molecule has 0 saturated heterocycles. The third-order valence-corrected chi connectivity index (χ3v) is 4.95. The number of aryl methyl sites for hydroxylation is 1. The Balaban J connectivity index is 2.06. The Morgan fingerprint density at radius 2 is 2.03 bits per heavy atom. The summed E-state index contributed by atoms with van der Waals surface area (Å²) in [5.74, 6) is 0.690. The lowest BCUT2D eigenvalue weighted by Gasteiger charge is -2.12. The van der Waals surface area contributed by atoms with Crippen molar-refractivity contribution in [1.82, 2.24) is 9.66 Å². The van der Waals surface area contributed by atoms with Crippen LogP contribution in [-0.2, 0) is 4.79 Å². The van der Waals surface area contributed by atoms with Crippen molar-refractivity contribution in [1.29, 1.82) is 0 Å². The number of carbonyl (C=O) groups is 1. The average Bonchev–Trinajstić information content (AvgIpc) is 2.65. The molecule has 3 rings (SSSR count). The molecule has 0 radical (unpaired) electrons. The molecule has 0 atom stereocenters. The number of fused-ring (bicyclic) bond motifs is 1. The molecular formula is C20H17Br2N3O4. The van der Waals surface area contributed by atoms with Gasteiger partial charge in [0.25, 0.3) is 5.56 Å². The molecule has 0 saturated carbocycles. The summed E-state index contributed by atoms with van der Waals surface area (Å²) in [5.41, 5.74) is 0.983. The molecule has 9 heteroatoms. The van der Waals surface area contributed by atoms with E-state index < -0.39 is 5.97 Å². The van der Waals surface area contributed by atoms with Crippen LogP contribution in [0.3, 0.4) is 0 Å². The minimum Gasteiger partial charge on any atom is -0.490 e. The predicted molar refractivity (Wildman–Crippen MR) is 118 cm³/mol. The maximum absolute atomic E-state index is 12.8. The van der Waals surface area contributed by atoms with E-state index in [1.165, 1.54) is 17.8 Å². The van der Waals surface area contributed by atoms with Gasteiger partial charge < -0.3 is 9.47 Å². The molecule has 0 fully saturated rings. The van der Waals surface area contributed by atoms with Crippen LogP contribution in [0, 0.1) is 6.92 Å². The van der Waals surface area contributed by atoms with Gasteiger partial charge in [0.1, 0.15) is 5.82 Å². The Bertz CT molecular complexity index is 1190. The maximum Gasteiger partial charge on any atom is 0.308 e. The smallest absolute Gasteiger partial charge is 0.308 e. The molecule has 1 aromatic heterocycles. The topological polar surface area (TPSA) is 82.8 Å². The summed E-state index contributed by atoms with van der Waals surface area (Å²) in [6.07, 6.45) is 1.52. The zero-order valence-corrected chi connectivity index (χ0v) is 19.1. The van der Waals surface area contributed by atoms with Crippen molar-refractivity contribution in [2.75, 3.05) is 6.61 Å². The zero-order chi connectivity index (χ0) is 21.1. The molecule has 7 nitrogen and oxygen atoms in total. The quantitative estimate of drug-likeness (QED) is 0.281. The van der Waals surface area contributed by atoms with Gasteiger partial charge in [-0.1, -0.05) is 15.9 Å². The summed E-state index contributed by atoms with van der Waals surface area (Å²) < 4.78 is 13.4. The van der Waals surface area contributed by atoms with Gasteiger partial charge in [0, 0.05) is 11.4 Å². The average molecular weight is 523 g/mol. The van der Waals surface area contributed by atoms with Crippen LogP contribution < -0.4 is 15.0 Å². The van der Waals surface area contributed by atoms with Crippen molar-refractivity contribution >= 4 is 54.9 Å². The highest BCUT2D eigenvalue weighted by atomic mass is 79.9. The number of carbonyl (C=O) groups excluding carboxylic acids is 1. The lowest BCUT2D eigenvalue weighted by molar-refractivity contribution is -0.132. The maximum atomic E-state index is 12.8. The summed E-state index contributed by atoms with van der Waals surface area (Å²) in [5, 5.41) is 4.77. The van der Waals surface area contributed by atoms with E-state index in [0.29, 0.717) is 44.9 Å². The molecule has 0 aliphatic rings. The standard InChI is InChI=1S/C20H17Br2N3O4/c1-4-28-18-8-13(7-16(22)19(18)29-12(3)26)10-23-25-11(2)24-17-6-5-14(21)9-15(17)20(25)27/h5-10H,4H2,1-3H3. The third kappa shape index (κ3) is 4.73. The lowest BCUT2D eigenvalue weighted by Crippen LogP contribution is -2.20. The van der Waals surface area contributed by atoms with Gasteiger partial charge in [0.15, 0.2) is 11.5 Å². The predicted octanol–water partition coefficient (Wildman–Crippen LogP) is 4.44. The molecule has 0 N–H and O–H groups in total. The Morgan fingerprint density at radius 3 is 2.72 bits per heavy atom. The van der Waals surface area contributed by atoms with E-state index in [2.05, 4.69) is 41.9 Å². The Labute approximate surface area is 183 Å². The largest absolute Gasteiger partial charge is 0.490 e. The minimum absolute atomic E-state index is 0.273. The molecular weight excluding hydrogens is 506 g/mol. The molecule has 150 valence electrons. The van der Waals surface area contributed by atoms with Gasteiger partial charge in [-0.05, 0) is 65.7 Å². The summed E-state index contributed by atoms with van der Waals surface area (Å²) in [7, 11) is 0. The normalized spacial score (nSPS) is 11.2. The highest BCUT2D eigenvalue weighted by Crippen LogP contribution is 2.36. The van der Waals surface area contributed by atoms with Gasteiger partial charge >= 0.3 is 5.97 Å². The number of hydrogen-bond acceptors (Lipinski definition) is 6. The fourth-order valence-electron chi connectivity index (χ4n) is 2.69. The van der Waals surface area contributed by atoms with Gasteiger partial charge in [-0.2, -0.15) is 9.78 Å². The summed E-state index contributed by atoms with van der Waals surface area (Å²) in [6, 6.07) is 8.73. The van der Waals surface area contributed by atoms with Crippen LogP contribution in [-0.4, -0.2) is 28.5 Å². The molecule has 2 aromatic carbocycles. The first-order chi connectivity index (χ1) is 13.8. The van der Waals surface area contributed by atoms with Crippen molar-refractivity contribution < 1.29 is 14.3 Å². The van der Waals surface area contributed by atoms with Crippen molar-refractivity contribution in [3.63, 3.8) is 0 Å². The number of hydrogen-bond donors (Lipinski definition) is 0. The second kappa shape index (κ2) is 8.87. The molecule has 0 unspecified atom stereocenters. The van der Waals surface area contributed by atoms with Crippen LogP contribution in [0.1, 0.15) is 25.2 Å². The van der Waals surface area contributed by atoms with Gasteiger partial charge in [-0.25, -0.2) is 4.98 Å². The van der Waals surface area contributed by atoms with Gasteiger partial charge in [-0.3, -0.25) is 9.59 Å². The van der Waals surface area contributed by atoms with E-state index >= 15 is 0 Å². The Morgan fingerprint density at radius 1 is 1.28 bits per heavy atom. The zero-order valence-electron chi connectivity index (χ0n) is 15.9.